The smallest absolute Gasteiger partial charge is 0.0654 e. The minimum Gasteiger partial charge on any atom is -0.0654 e. The fraction of sp³-hybridized carbons (Fsp3) is 1.00. The Morgan fingerprint density at radius 1 is 0.436 bits per heavy atom. The van der Waals surface area contributed by atoms with Crippen LogP contribution in [0.2, 0.25) is 22.3 Å². The molecule has 0 N–H and O–H groups in total. The van der Waals surface area contributed by atoms with Gasteiger partial charge >= 0.3 is 160 Å². The van der Waals surface area contributed by atoms with Gasteiger partial charge in [-0.1, -0.05) is 90.9 Å². The molecule has 0 aliphatic carbocycles. The molecule has 0 aliphatic heterocycles. The first-order chi connectivity index (χ1) is 18.8. The second-order valence-electron chi connectivity index (χ2n) is 13.1. The van der Waals surface area contributed by atoms with Crippen molar-refractivity contribution in [3.8, 4) is 0 Å². The van der Waals surface area contributed by atoms with Crippen molar-refractivity contribution in [2.24, 2.45) is 0 Å². The monoisotopic (exact) mass is 635 g/mol. The summed E-state index contributed by atoms with van der Waals surface area (Å²) in [6.45, 7) is 5.77. The van der Waals surface area contributed by atoms with Gasteiger partial charge in [-0.25, -0.2) is 0 Å². The SMILES string of the molecule is CCCCCCCCCCCCCCOP(=O)(CCC[As+](C)(C)C)OCCCCCCCCCCCCCC. The van der Waals surface area contributed by atoms with Gasteiger partial charge in [0.05, 0.1) is 0 Å². The van der Waals surface area contributed by atoms with E-state index in [0.29, 0.717) is 19.4 Å². The van der Waals surface area contributed by atoms with Crippen LogP contribution in [0.1, 0.15) is 174 Å². The topological polar surface area (TPSA) is 35.5 Å². The number of hydrogen-bond donors (Lipinski definition) is 0. The number of rotatable bonds is 32. The van der Waals surface area contributed by atoms with Gasteiger partial charge in [-0.05, 0) is 0 Å². The molecule has 39 heavy (non-hydrogen) atoms. The van der Waals surface area contributed by atoms with Gasteiger partial charge in [-0.15, -0.1) is 0 Å². The number of unbranched alkanes of at least 4 members (excludes halogenated alkanes) is 22. The van der Waals surface area contributed by atoms with Crippen molar-refractivity contribution in [1.29, 1.82) is 0 Å². The Morgan fingerprint density at radius 3 is 1.00 bits per heavy atom. The Balaban J connectivity index is 3.93. The molecule has 0 aromatic rings. The van der Waals surface area contributed by atoms with E-state index in [1.807, 2.05) is 0 Å². The molecule has 0 aromatic carbocycles. The molecule has 0 rings (SSSR count). The van der Waals surface area contributed by atoms with E-state index in [-0.39, 0.29) is 0 Å². The maximum atomic E-state index is 13.5. The second-order valence-corrected chi connectivity index (χ2v) is 25.9. The van der Waals surface area contributed by atoms with E-state index < -0.39 is 21.1 Å². The molecule has 0 saturated heterocycles. The Morgan fingerprint density at radius 2 is 0.718 bits per heavy atom. The van der Waals surface area contributed by atoms with E-state index in [4.69, 9.17) is 9.05 Å². The van der Waals surface area contributed by atoms with Gasteiger partial charge in [0, 0.05) is 0 Å². The molecule has 0 atom stereocenters. The molecule has 0 aromatic heterocycles. The van der Waals surface area contributed by atoms with E-state index in [1.54, 1.807) is 0 Å². The summed E-state index contributed by atoms with van der Waals surface area (Å²) in [6, 6.07) is 0. The zero-order valence-corrected chi connectivity index (χ0v) is 30.4. The van der Waals surface area contributed by atoms with Crippen molar-refractivity contribution in [3.63, 3.8) is 0 Å². The summed E-state index contributed by atoms with van der Waals surface area (Å²) in [7, 11) is -2.94. The second kappa shape index (κ2) is 28.8. The molecule has 0 aliphatic rings. The minimum atomic E-state index is -2.94. The zero-order chi connectivity index (χ0) is 28.9. The van der Waals surface area contributed by atoms with Crippen LogP contribution < -0.4 is 0 Å². The predicted molar refractivity (Wildman–Crippen MR) is 179 cm³/mol. The van der Waals surface area contributed by atoms with Gasteiger partial charge in [-0.3, -0.25) is 0 Å². The summed E-state index contributed by atoms with van der Waals surface area (Å²) in [6.07, 6.45) is 33.5. The molecule has 0 radical (unpaired) electrons. The quantitative estimate of drug-likeness (QED) is 0.0419. The molecule has 236 valence electrons. The third-order valence-corrected chi connectivity index (χ3v) is 13.3. The van der Waals surface area contributed by atoms with Crippen molar-refractivity contribution >= 4 is 21.1 Å². The third kappa shape index (κ3) is 31.5. The molecule has 5 heteroatoms. The molecule has 0 amide bonds. The summed E-state index contributed by atoms with van der Waals surface area (Å²) in [4.78, 5) is 0. The van der Waals surface area contributed by atoms with Crippen LogP contribution in [-0.2, 0) is 13.6 Å². The third-order valence-electron chi connectivity index (χ3n) is 7.83. The van der Waals surface area contributed by atoms with Crippen LogP contribution in [0.3, 0.4) is 0 Å². The van der Waals surface area contributed by atoms with Crippen LogP contribution >= 0.6 is 7.60 Å². The van der Waals surface area contributed by atoms with Crippen molar-refractivity contribution in [1.82, 2.24) is 0 Å². The van der Waals surface area contributed by atoms with Gasteiger partial charge in [0.2, 0.25) is 0 Å². The fourth-order valence-corrected chi connectivity index (χ4v) is 9.75. The molecule has 0 spiro atoms. The maximum absolute atomic E-state index is 13.5. The van der Waals surface area contributed by atoms with Crippen LogP contribution in [0.15, 0.2) is 0 Å². The Labute approximate surface area is 250 Å². The summed E-state index contributed by atoms with van der Waals surface area (Å²) in [5, 5.41) is 1.23. The summed E-state index contributed by atoms with van der Waals surface area (Å²) in [5.41, 5.74) is 7.26. The van der Waals surface area contributed by atoms with Crippen LogP contribution in [0.4, 0.5) is 0 Å². The van der Waals surface area contributed by atoms with Crippen LogP contribution in [-0.4, -0.2) is 32.9 Å². The van der Waals surface area contributed by atoms with Gasteiger partial charge in [-0.2, -0.15) is 0 Å². The van der Waals surface area contributed by atoms with E-state index in [0.717, 1.165) is 19.3 Å². The van der Waals surface area contributed by atoms with Crippen LogP contribution in [0.5, 0.6) is 0 Å². The minimum absolute atomic E-state index is 0.600. The van der Waals surface area contributed by atoms with Gasteiger partial charge in [0.25, 0.3) is 0 Å². The van der Waals surface area contributed by atoms with Gasteiger partial charge in [0.1, 0.15) is 0 Å². The van der Waals surface area contributed by atoms with Crippen LogP contribution in [0, 0.1) is 0 Å². The molecule has 0 saturated carbocycles. The standard InChI is InChI=1S/C34H73AsO3P/c1-6-8-10-12-14-16-18-20-22-24-26-28-32-37-39(36,34-30-31-35(3,4)5)38-33-29-27-25-23-21-19-17-15-13-11-9-7-2/h6-34H2,1-5H3/q+1. The fourth-order valence-electron chi connectivity index (χ4n) is 5.20. The first-order valence-corrected chi connectivity index (χ1v) is 26.2. The van der Waals surface area contributed by atoms with Crippen molar-refractivity contribution < 1.29 is 13.6 Å². The molecule has 0 heterocycles. The molecule has 0 bridgehead atoms. The van der Waals surface area contributed by atoms with Gasteiger partial charge < -0.3 is 0 Å². The number of hydrogen-bond acceptors (Lipinski definition) is 3. The average Bonchev–Trinajstić information content (AvgIpc) is 2.89. The first-order valence-electron chi connectivity index (χ1n) is 17.5. The molecular formula is C34H73AsO3P+. The molecule has 0 unspecified atom stereocenters. The van der Waals surface area contributed by atoms with E-state index in [1.165, 1.54) is 146 Å². The first kappa shape index (κ1) is 39.7. The Kier molecular flexibility index (Phi) is 29.3. The van der Waals surface area contributed by atoms with E-state index >= 15 is 0 Å². The normalized spacial score (nSPS) is 12.4. The molecular weight excluding hydrogens is 562 g/mol. The van der Waals surface area contributed by atoms with E-state index in [9.17, 15) is 4.57 Å². The predicted octanol–water partition coefficient (Wildman–Crippen LogP) is 13.3. The van der Waals surface area contributed by atoms with Gasteiger partial charge in [0.15, 0.2) is 0 Å². The summed E-state index contributed by atoms with van der Waals surface area (Å²) < 4.78 is 25.5. The Bertz CT molecular complexity index is 501. The summed E-state index contributed by atoms with van der Waals surface area (Å²) >= 11 is -1.46. The molecule has 3 nitrogen and oxygen atoms in total. The summed E-state index contributed by atoms with van der Waals surface area (Å²) in [5.74, 6) is 0. The van der Waals surface area contributed by atoms with Crippen molar-refractivity contribution in [2.75, 3.05) is 19.4 Å². The Hall–Kier alpha value is 0.708. The van der Waals surface area contributed by atoms with Crippen molar-refractivity contribution in [3.05, 3.63) is 0 Å². The zero-order valence-electron chi connectivity index (χ0n) is 27.6. The average molecular weight is 636 g/mol. The van der Waals surface area contributed by atoms with E-state index in [2.05, 4.69) is 31.0 Å². The van der Waals surface area contributed by atoms with Crippen molar-refractivity contribution in [2.45, 2.75) is 197 Å². The molecule has 0 fully saturated rings. The van der Waals surface area contributed by atoms with Crippen LogP contribution in [0.25, 0.3) is 0 Å².